The number of pyridine rings is 1. The third kappa shape index (κ3) is 5.99. The van der Waals surface area contributed by atoms with Crippen LogP contribution in [0.3, 0.4) is 0 Å². The van der Waals surface area contributed by atoms with Gasteiger partial charge in [-0.3, -0.25) is 0 Å². The first-order valence-corrected chi connectivity index (χ1v) is 17.4. The van der Waals surface area contributed by atoms with Crippen LogP contribution in [0.5, 0.6) is 0 Å². The van der Waals surface area contributed by atoms with Gasteiger partial charge < -0.3 is 18.9 Å². The lowest BCUT2D eigenvalue weighted by atomic mass is 9.74. The van der Waals surface area contributed by atoms with E-state index in [9.17, 15) is 0 Å². The van der Waals surface area contributed by atoms with Crippen molar-refractivity contribution < 1.29 is 23.5 Å². The molecule has 6 nitrogen and oxygen atoms in total. The average Bonchev–Trinajstić information content (AvgIpc) is 3.41. The van der Waals surface area contributed by atoms with E-state index in [0.717, 1.165) is 22.4 Å². The number of fused-ring (bicyclic) bond motifs is 3. The highest BCUT2D eigenvalue weighted by Crippen LogP contribution is 2.47. The zero-order valence-corrected chi connectivity index (χ0v) is 30.1. The van der Waals surface area contributed by atoms with Gasteiger partial charge in [0.1, 0.15) is 23.9 Å². The molecule has 47 heavy (non-hydrogen) atoms. The van der Waals surface area contributed by atoms with E-state index in [4.69, 9.17) is 18.9 Å². The van der Waals surface area contributed by atoms with E-state index >= 15 is 0 Å². The van der Waals surface area contributed by atoms with Crippen LogP contribution in [0.1, 0.15) is 111 Å². The van der Waals surface area contributed by atoms with Gasteiger partial charge in [-0.1, -0.05) is 68.4 Å². The molecular weight excluding hydrogens is 584 g/mol. The molecule has 0 bridgehead atoms. The topological polar surface area (TPSA) is 45.2 Å². The van der Waals surface area contributed by atoms with Gasteiger partial charge in [0.05, 0.1) is 36.4 Å². The Bertz CT molecular complexity index is 1890. The number of rotatable bonds is 12. The van der Waals surface area contributed by atoms with Crippen LogP contribution in [0, 0.1) is 0 Å². The summed E-state index contributed by atoms with van der Waals surface area (Å²) in [5.41, 5.74) is 7.89. The van der Waals surface area contributed by atoms with Crippen LogP contribution in [0.25, 0.3) is 38.6 Å². The second-order valence-electron chi connectivity index (χ2n) is 14.8. The highest BCUT2D eigenvalue weighted by atomic mass is 16.7. The van der Waals surface area contributed by atoms with Gasteiger partial charge in [-0.15, -0.1) is 0 Å². The molecule has 2 aromatic heterocycles. The summed E-state index contributed by atoms with van der Waals surface area (Å²) in [6, 6.07) is 22.3. The SMILES string of the molecule is CC(C)OCC(OC(C)C)c1cccc(C(OC(C)C)OC(C)C)c1-c1c[n+]2c3c4c(cccc4c4ccccc4n13)C(C)(C)C2C. The van der Waals surface area contributed by atoms with Gasteiger partial charge >= 0.3 is 0 Å². The normalized spacial score (nSPS) is 16.8. The summed E-state index contributed by atoms with van der Waals surface area (Å²) >= 11 is 0. The number of hydrogen-bond donors (Lipinski definition) is 0. The zero-order valence-electron chi connectivity index (χ0n) is 30.1. The van der Waals surface area contributed by atoms with Crippen LogP contribution < -0.4 is 4.57 Å². The van der Waals surface area contributed by atoms with Crippen LogP contribution >= 0.6 is 0 Å². The van der Waals surface area contributed by atoms with Gasteiger partial charge in [0.2, 0.25) is 0 Å². The van der Waals surface area contributed by atoms with Crippen LogP contribution in [-0.2, 0) is 24.4 Å². The van der Waals surface area contributed by atoms with Gasteiger partial charge in [0.15, 0.2) is 12.0 Å². The van der Waals surface area contributed by atoms with Crippen molar-refractivity contribution in [1.82, 2.24) is 4.40 Å². The van der Waals surface area contributed by atoms with Crippen molar-refractivity contribution in [3.05, 3.63) is 83.6 Å². The van der Waals surface area contributed by atoms with Crippen LogP contribution in [0.15, 0.2) is 66.9 Å². The maximum Gasteiger partial charge on any atom is 0.295 e. The van der Waals surface area contributed by atoms with Crippen LogP contribution in [0.2, 0.25) is 0 Å². The van der Waals surface area contributed by atoms with Crippen molar-refractivity contribution >= 4 is 27.3 Å². The number of ether oxygens (including phenoxy) is 4. The second kappa shape index (κ2) is 13.0. The molecular formula is C41H53N2O4+. The molecule has 0 saturated carbocycles. The van der Waals surface area contributed by atoms with E-state index in [1.165, 1.54) is 32.9 Å². The standard InChI is InChI=1S/C41H53N2O4/c1-24(2)44-23-36(45-25(3)4)31-18-14-19-32(40(46-26(5)6)47-27(7)8)37(31)35-22-42-28(9)41(10,11)33-20-15-17-30-29-16-12-13-21-34(29)43(35)39(42)38(30)33/h12-22,24-28,36,40H,23H2,1-11H3/q+1. The lowest BCUT2D eigenvalue weighted by Gasteiger charge is -2.34. The van der Waals surface area contributed by atoms with E-state index in [1.807, 2.05) is 0 Å². The summed E-state index contributed by atoms with van der Waals surface area (Å²) in [5, 5.41) is 3.83. The Morgan fingerprint density at radius 1 is 0.723 bits per heavy atom. The zero-order chi connectivity index (χ0) is 33.8. The molecule has 0 fully saturated rings. The predicted molar refractivity (Wildman–Crippen MR) is 191 cm³/mol. The number of para-hydroxylation sites is 1. The first-order chi connectivity index (χ1) is 22.3. The monoisotopic (exact) mass is 637 g/mol. The quantitative estimate of drug-likeness (QED) is 0.0776. The average molecular weight is 638 g/mol. The number of hydrogen-bond acceptors (Lipinski definition) is 4. The third-order valence-corrected chi connectivity index (χ3v) is 9.63. The summed E-state index contributed by atoms with van der Waals surface area (Å²) in [4.78, 5) is 0. The fourth-order valence-corrected chi connectivity index (χ4v) is 7.29. The largest absolute Gasteiger partial charge is 0.376 e. The van der Waals surface area contributed by atoms with Gasteiger partial charge in [-0.25, -0.2) is 4.57 Å². The molecule has 250 valence electrons. The molecule has 5 aromatic rings. The fourth-order valence-electron chi connectivity index (χ4n) is 7.29. The summed E-state index contributed by atoms with van der Waals surface area (Å²) in [5.74, 6) is 0. The molecule has 0 radical (unpaired) electrons. The number of imidazole rings is 1. The minimum atomic E-state index is -0.573. The van der Waals surface area contributed by atoms with Gasteiger partial charge in [0.25, 0.3) is 5.65 Å². The first kappa shape index (κ1) is 33.6. The van der Waals surface area contributed by atoms with Crippen LogP contribution in [0.4, 0.5) is 0 Å². The summed E-state index contributed by atoms with van der Waals surface area (Å²) in [6.45, 7) is 24.1. The lowest BCUT2D eigenvalue weighted by molar-refractivity contribution is -0.703. The van der Waals surface area contributed by atoms with E-state index in [1.54, 1.807) is 0 Å². The maximum atomic E-state index is 6.69. The first-order valence-electron chi connectivity index (χ1n) is 17.4. The summed E-state index contributed by atoms with van der Waals surface area (Å²) in [6.07, 6.45) is 1.50. The molecule has 3 aromatic carbocycles. The van der Waals surface area contributed by atoms with Crippen molar-refractivity contribution in [3.63, 3.8) is 0 Å². The Morgan fingerprint density at radius 2 is 1.34 bits per heavy atom. The molecule has 6 heteroatoms. The molecule has 2 atom stereocenters. The molecule has 0 spiro atoms. The molecule has 0 aliphatic carbocycles. The second-order valence-corrected chi connectivity index (χ2v) is 14.8. The van der Waals surface area contributed by atoms with Gasteiger partial charge in [-0.2, -0.15) is 4.40 Å². The Hall–Kier alpha value is -3.29. The van der Waals surface area contributed by atoms with Crippen LogP contribution in [-0.4, -0.2) is 35.4 Å². The Labute approximate surface area is 280 Å². The van der Waals surface area contributed by atoms with Crippen molar-refractivity contribution in [2.24, 2.45) is 0 Å². The minimum absolute atomic E-state index is 0.00567. The van der Waals surface area contributed by atoms with Crippen molar-refractivity contribution in [2.75, 3.05) is 6.61 Å². The maximum absolute atomic E-state index is 6.69. The number of aromatic nitrogens is 2. The fraction of sp³-hybridized carbons (Fsp3) is 0.488. The molecule has 6 rings (SSSR count). The summed E-state index contributed by atoms with van der Waals surface area (Å²) in [7, 11) is 0. The highest BCUT2D eigenvalue weighted by molar-refractivity contribution is 6.13. The third-order valence-electron chi connectivity index (χ3n) is 9.63. The Balaban J connectivity index is 1.78. The van der Waals surface area contributed by atoms with E-state index in [0.29, 0.717) is 6.61 Å². The number of benzene rings is 3. The van der Waals surface area contributed by atoms with Crippen molar-refractivity contribution in [1.29, 1.82) is 0 Å². The molecule has 2 unspecified atom stereocenters. The van der Waals surface area contributed by atoms with E-state index in [-0.39, 0.29) is 42.0 Å². The molecule has 3 heterocycles. The van der Waals surface area contributed by atoms with E-state index in [2.05, 4.69) is 152 Å². The molecule has 0 N–H and O–H groups in total. The Morgan fingerprint density at radius 3 is 2.00 bits per heavy atom. The minimum Gasteiger partial charge on any atom is -0.376 e. The Kier molecular flexibility index (Phi) is 9.27. The van der Waals surface area contributed by atoms with Gasteiger partial charge in [0, 0.05) is 27.3 Å². The van der Waals surface area contributed by atoms with E-state index < -0.39 is 6.29 Å². The van der Waals surface area contributed by atoms with Crippen molar-refractivity contribution in [3.8, 4) is 11.3 Å². The molecule has 1 aliphatic rings. The van der Waals surface area contributed by atoms with Gasteiger partial charge in [-0.05, 0) is 79.5 Å². The highest BCUT2D eigenvalue weighted by Gasteiger charge is 2.43. The smallest absolute Gasteiger partial charge is 0.295 e. The predicted octanol–water partition coefficient (Wildman–Crippen LogP) is 9.79. The number of nitrogens with zero attached hydrogens (tertiary/aromatic N) is 2. The lowest BCUT2D eigenvalue weighted by Crippen LogP contribution is -2.49. The summed E-state index contributed by atoms with van der Waals surface area (Å²) < 4.78 is 31.1. The molecule has 1 aliphatic heterocycles. The molecule has 0 amide bonds. The van der Waals surface area contributed by atoms with Crippen molar-refractivity contribution in [2.45, 2.75) is 124 Å². The molecule has 0 saturated heterocycles.